The summed E-state index contributed by atoms with van der Waals surface area (Å²) >= 11 is 12.0. The SMILES string of the molecule is CCC(C(Nc1ccc(Cl)cc1)c1ccc(Cl)cc1)n1cncn1. The number of nitrogens with one attached hydrogen (secondary N) is 1. The molecule has 2 atom stereocenters. The minimum atomic E-state index is 0.0233. The van der Waals surface area contributed by atoms with Gasteiger partial charge >= 0.3 is 0 Å². The zero-order chi connectivity index (χ0) is 16.9. The van der Waals surface area contributed by atoms with E-state index in [1.165, 1.54) is 0 Å². The summed E-state index contributed by atoms with van der Waals surface area (Å²) in [6, 6.07) is 15.7. The Hall–Kier alpha value is -2.04. The van der Waals surface area contributed by atoms with E-state index in [2.05, 4.69) is 22.3 Å². The molecule has 1 aromatic heterocycles. The lowest BCUT2D eigenvalue weighted by Crippen LogP contribution is -2.24. The van der Waals surface area contributed by atoms with Crippen molar-refractivity contribution < 1.29 is 0 Å². The minimum absolute atomic E-state index is 0.0233. The topological polar surface area (TPSA) is 42.7 Å². The van der Waals surface area contributed by atoms with Gasteiger partial charge in [-0.1, -0.05) is 42.3 Å². The van der Waals surface area contributed by atoms with Crippen LogP contribution in [-0.2, 0) is 0 Å². The predicted octanol–water partition coefficient (Wildman–Crippen LogP) is 5.39. The molecule has 0 fully saturated rings. The number of rotatable bonds is 6. The fraction of sp³-hybridized carbons (Fsp3) is 0.222. The first kappa shape index (κ1) is 16.8. The summed E-state index contributed by atoms with van der Waals surface area (Å²) in [7, 11) is 0. The summed E-state index contributed by atoms with van der Waals surface area (Å²) in [6.07, 6.45) is 4.21. The molecule has 0 saturated carbocycles. The zero-order valence-corrected chi connectivity index (χ0v) is 14.7. The Kier molecular flexibility index (Phi) is 5.38. The van der Waals surface area contributed by atoms with Gasteiger partial charge in [0.2, 0.25) is 0 Å². The number of nitrogens with zero attached hydrogens (tertiary/aromatic N) is 3. The molecule has 2 unspecified atom stereocenters. The lowest BCUT2D eigenvalue weighted by Gasteiger charge is -2.28. The highest BCUT2D eigenvalue weighted by Crippen LogP contribution is 2.33. The van der Waals surface area contributed by atoms with Crippen LogP contribution in [-0.4, -0.2) is 14.8 Å². The van der Waals surface area contributed by atoms with Crippen molar-refractivity contribution >= 4 is 28.9 Å². The Labute approximate surface area is 151 Å². The quantitative estimate of drug-likeness (QED) is 0.640. The maximum Gasteiger partial charge on any atom is 0.137 e. The maximum atomic E-state index is 6.04. The van der Waals surface area contributed by atoms with Crippen molar-refractivity contribution in [2.45, 2.75) is 25.4 Å². The van der Waals surface area contributed by atoms with Crippen LogP contribution in [0.4, 0.5) is 5.69 Å². The average Bonchev–Trinajstić information content (AvgIpc) is 3.12. The van der Waals surface area contributed by atoms with Gasteiger partial charge in [0, 0.05) is 15.7 Å². The van der Waals surface area contributed by atoms with Crippen molar-refractivity contribution in [3.63, 3.8) is 0 Å². The average molecular weight is 361 g/mol. The maximum absolute atomic E-state index is 6.04. The van der Waals surface area contributed by atoms with E-state index in [-0.39, 0.29) is 12.1 Å². The summed E-state index contributed by atoms with van der Waals surface area (Å²) < 4.78 is 1.89. The highest BCUT2D eigenvalue weighted by atomic mass is 35.5. The van der Waals surface area contributed by atoms with Crippen molar-refractivity contribution in [3.05, 3.63) is 76.8 Å². The standard InChI is InChI=1S/C18H18Cl2N4/c1-2-17(24-12-21-11-22-24)18(13-3-5-14(19)6-4-13)23-16-9-7-15(20)8-10-16/h3-12,17-18,23H,2H2,1H3. The molecule has 0 aliphatic rings. The largest absolute Gasteiger partial charge is 0.376 e. The second-order valence-corrected chi connectivity index (χ2v) is 6.40. The van der Waals surface area contributed by atoms with E-state index in [1.54, 1.807) is 12.7 Å². The Bertz CT molecular complexity index is 755. The van der Waals surface area contributed by atoms with Gasteiger partial charge in [0.05, 0.1) is 12.1 Å². The van der Waals surface area contributed by atoms with Crippen LogP contribution in [0, 0.1) is 0 Å². The molecule has 0 aliphatic carbocycles. The van der Waals surface area contributed by atoms with Crippen molar-refractivity contribution in [1.29, 1.82) is 0 Å². The van der Waals surface area contributed by atoms with E-state index in [0.29, 0.717) is 5.02 Å². The highest BCUT2D eigenvalue weighted by Gasteiger charge is 2.24. The fourth-order valence-electron chi connectivity index (χ4n) is 2.76. The third kappa shape index (κ3) is 3.89. The van der Waals surface area contributed by atoms with Gasteiger partial charge in [-0.3, -0.25) is 0 Å². The van der Waals surface area contributed by atoms with Gasteiger partial charge in [0.15, 0.2) is 0 Å². The summed E-state index contributed by atoms with van der Waals surface area (Å²) in [6.45, 7) is 2.14. The summed E-state index contributed by atoms with van der Waals surface area (Å²) in [5.41, 5.74) is 2.13. The highest BCUT2D eigenvalue weighted by molar-refractivity contribution is 6.30. The molecule has 3 rings (SSSR count). The van der Waals surface area contributed by atoms with Crippen molar-refractivity contribution in [2.75, 3.05) is 5.32 Å². The molecule has 24 heavy (non-hydrogen) atoms. The van der Waals surface area contributed by atoms with Gasteiger partial charge in [-0.05, 0) is 48.4 Å². The molecule has 0 aliphatic heterocycles. The smallest absolute Gasteiger partial charge is 0.137 e. The van der Waals surface area contributed by atoms with Crippen LogP contribution >= 0.6 is 23.2 Å². The Morgan fingerprint density at radius 3 is 2.17 bits per heavy atom. The molecular weight excluding hydrogens is 343 g/mol. The van der Waals surface area contributed by atoms with E-state index >= 15 is 0 Å². The van der Waals surface area contributed by atoms with E-state index in [0.717, 1.165) is 22.7 Å². The van der Waals surface area contributed by atoms with E-state index in [9.17, 15) is 0 Å². The summed E-state index contributed by atoms with van der Waals surface area (Å²) in [4.78, 5) is 4.09. The molecule has 2 aromatic carbocycles. The first-order chi connectivity index (χ1) is 11.7. The van der Waals surface area contributed by atoms with E-state index in [4.69, 9.17) is 23.2 Å². The number of aromatic nitrogens is 3. The Morgan fingerprint density at radius 1 is 1.00 bits per heavy atom. The molecule has 0 saturated heterocycles. The number of hydrogen-bond donors (Lipinski definition) is 1. The van der Waals surface area contributed by atoms with Crippen LogP contribution in [0.5, 0.6) is 0 Å². The molecule has 3 aromatic rings. The number of benzene rings is 2. The Morgan fingerprint density at radius 2 is 1.62 bits per heavy atom. The predicted molar refractivity (Wildman–Crippen MR) is 98.6 cm³/mol. The van der Waals surface area contributed by atoms with Crippen molar-refractivity contribution in [1.82, 2.24) is 14.8 Å². The number of halogens is 2. The van der Waals surface area contributed by atoms with Crippen LogP contribution in [0.3, 0.4) is 0 Å². The van der Waals surface area contributed by atoms with Crippen molar-refractivity contribution in [3.8, 4) is 0 Å². The number of hydrogen-bond acceptors (Lipinski definition) is 3. The summed E-state index contributed by atoms with van der Waals surface area (Å²) in [5.74, 6) is 0. The van der Waals surface area contributed by atoms with Gasteiger partial charge in [-0.2, -0.15) is 5.10 Å². The molecule has 1 N–H and O–H groups in total. The normalized spacial score (nSPS) is 13.5. The first-order valence-electron chi connectivity index (χ1n) is 7.79. The third-order valence-corrected chi connectivity index (χ3v) is 4.48. The second-order valence-electron chi connectivity index (χ2n) is 5.53. The van der Waals surface area contributed by atoms with Gasteiger partial charge < -0.3 is 5.32 Å². The molecule has 0 bridgehead atoms. The second kappa shape index (κ2) is 7.69. The summed E-state index contributed by atoms with van der Waals surface area (Å²) in [5, 5.41) is 9.35. The number of anilines is 1. The molecule has 1 heterocycles. The molecule has 0 radical (unpaired) electrons. The van der Waals surface area contributed by atoms with Crippen molar-refractivity contribution in [2.24, 2.45) is 0 Å². The van der Waals surface area contributed by atoms with Crippen LogP contribution in [0.2, 0.25) is 10.0 Å². The zero-order valence-electron chi connectivity index (χ0n) is 13.2. The van der Waals surface area contributed by atoms with Crippen LogP contribution in [0.1, 0.15) is 31.0 Å². The third-order valence-electron chi connectivity index (χ3n) is 3.97. The van der Waals surface area contributed by atoms with Gasteiger partial charge in [0.25, 0.3) is 0 Å². The van der Waals surface area contributed by atoms with Gasteiger partial charge in [-0.25, -0.2) is 9.67 Å². The van der Waals surface area contributed by atoms with Gasteiger partial charge in [0.1, 0.15) is 12.7 Å². The lowest BCUT2D eigenvalue weighted by atomic mass is 9.97. The lowest BCUT2D eigenvalue weighted by molar-refractivity contribution is 0.388. The minimum Gasteiger partial charge on any atom is -0.376 e. The van der Waals surface area contributed by atoms with E-state index in [1.807, 2.05) is 53.2 Å². The monoisotopic (exact) mass is 360 g/mol. The van der Waals surface area contributed by atoms with Crippen LogP contribution in [0.15, 0.2) is 61.2 Å². The molecule has 0 amide bonds. The van der Waals surface area contributed by atoms with Crippen LogP contribution in [0.25, 0.3) is 0 Å². The van der Waals surface area contributed by atoms with Gasteiger partial charge in [-0.15, -0.1) is 0 Å². The molecule has 0 spiro atoms. The molecular formula is C18H18Cl2N4. The fourth-order valence-corrected chi connectivity index (χ4v) is 3.01. The van der Waals surface area contributed by atoms with Crippen LogP contribution < -0.4 is 5.32 Å². The molecule has 124 valence electrons. The Balaban J connectivity index is 1.96. The molecule has 4 nitrogen and oxygen atoms in total. The molecule has 6 heteroatoms. The first-order valence-corrected chi connectivity index (χ1v) is 8.54. The van der Waals surface area contributed by atoms with E-state index < -0.39 is 0 Å².